The van der Waals surface area contributed by atoms with Crippen LogP contribution in [0, 0.1) is 6.92 Å². The highest BCUT2D eigenvalue weighted by Crippen LogP contribution is 2.51. The van der Waals surface area contributed by atoms with Crippen LogP contribution in [0.1, 0.15) is 55.8 Å². The number of hydrogen-bond acceptors (Lipinski definition) is 3. The van der Waals surface area contributed by atoms with Gasteiger partial charge in [0.2, 0.25) is 0 Å². The zero-order valence-corrected chi connectivity index (χ0v) is 28.5. The number of hydrogen-bond donors (Lipinski definition) is 0. The lowest BCUT2D eigenvalue weighted by atomic mass is 9.81. The third kappa shape index (κ3) is 4.60. The van der Waals surface area contributed by atoms with Crippen LogP contribution in [0.2, 0.25) is 0 Å². The first-order chi connectivity index (χ1) is 23.7. The fourth-order valence-corrected chi connectivity index (χ4v) is 8.18. The smallest absolute Gasteiger partial charge is 0.163 e. The first-order valence-electron chi connectivity index (χ1n) is 17.1. The number of aryl methyl sites for hydroxylation is 1. The minimum Gasteiger partial charge on any atom is -0.213 e. The molecule has 0 fully saturated rings. The minimum absolute atomic E-state index is 0.0845. The lowest BCUT2D eigenvalue weighted by molar-refractivity contribution is 0.660. The van der Waals surface area contributed by atoms with E-state index in [0.717, 1.165) is 22.3 Å². The molecule has 3 nitrogen and oxygen atoms in total. The van der Waals surface area contributed by atoms with Gasteiger partial charge >= 0.3 is 0 Å². The molecule has 1 aromatic heterocycles. The average Bonchev–Trinajstić information content (AvgIpc) is 3.50. The van der Waals surface area contributed by atoms with Crippen molar-refractivity contribution in [3.63, 3.8) is 0 Å². The van der Waals surface area contributed by atoms with Crippen LogP contribution < -0.4 is 0 Å². The molecular weight excluding hydrogens is 595 g/mol. The Bertz CT molecular complexity index is 2330. The van der Waals surface area contributed by atoms with E-state index in [-0.39, 0.29) is 10.8 Å². The standard InChI is InChI=1S/C46H37N3/c1-28-47-43(29-13-7-6-8-14-29)49-44(48-28)34-24-32(30-19-21-37-35-15-9-11-17-39(35)45(2,3)41(37)26-30)23-33(25-34)31-20-22-38-36-16-10-12-18-40(36)46(4,5)42(38)27-31/h6-27H,1-5H3. The van der Waals surface area contributed by atoms with Crippen molar-refractivity contribution in [2.24, 2.45) is 0 Å². The van der Waals surface area contributed by atoms with Crippen LogP contribution in [0.4, 0.5) is 0 Å². The molecule has 6 aromatic carbocycles. The van der Waals surface area contributed by atoms with Crippen LogP contribution in [0.25, 0.3) is 67.3 Å². The van der Waals surface area contributed by atoms with Gasteiger partial charge in [-0.15, -0.1) is 0 Å². The summed E-state index contributed by atoms with van der Waals surface area (Å²) in [6.07, 6.45) is 0. The molecule has 2 aliphatic rings. The molecule has 3 heteroatoms. The van der Waals surface area contributed by atoms with Crippen LogP contribution in [0.5, 0.6) is 0 Å². The van der Waals surface area contributed by atoms with E-state index in [1.165, 1.54) is 55.6 Å². The summed E-state index contributed by atoms with van der Waals surface area (Å²) in [6, 6.07) is 48.6. The molecule has 49 heavy (non-hydrogen) atoms. The molecule has 0 saturated carbocycles. The Morgan fingerprint density at radius 1 is 0.347 bits per heavy atom. The molecular formula is C46H37N3. The largest absolute Gasteiger partial charge is 0.213 e. The molecule has 9 rings (SSSR count). The summed E-state index contributed by atoms with van der Waals surface area (Å²) in [4.78, 5) is 14.6. The summed E-state index contributed by atoms with van der Waals surface area (Å²) >= 11 is 0. The Balaban J connectivity index is 1.24. The predicted molar refractivity (Wildman–Crippen MR) is 201 cm³/mol. The SMILES string of the molecule is Cc1nc(-c2ccccc2)nc(-c2cc(-c3ccc4c(c3)C(C)(C)c3ccccc3-4)cc(-c3ccc4c(c3)C(C)(C)c3ccccc3-4)c2)n1. The molecule has 0 atom stereocenters. The number of nitrogens with zero attached hydrogens (tertiary/aromatic N) is 3. The van der Waals surface area contributed by atoms with Crippen LogP contribution >= 0.6 is 0 Å². The Hall–Kier alpha value is -5.67. The normalized spacial score (nSPS) is 14.6. The first kappa shape index (κ1) is 29.5. The molecule has 0 spiro atoms. The Labute approximate surface area is 288 Å². The summed E-state index contributed by atoms with van der Waals surface area (Å²) in [6.45, 7) is 11.3. The Kier molecular flexibility index (Phi) is 6.42. The van der Waals surface area contributed by atoms with Gasteiger partial charge in [0.05, 0.1) is 0 Å². The van der Waals surface area contributed by atoms with E-state index in [9.17, 15) is 0 Å². The van der Waals surface area contributed by atoms with E-state index in [1.54, 1.807) is 0 Å². The van der Waals surface area contributed by atoms with Crippen molar-refractivity contribution < 1.29 is 0 Å². The van der Waals surface area contributed by atoms with Gasteiger partial charge in [-0.25, -0.2) is 15.0 Å². The second-order valence-electron chi connectivity index (χ2n) is 14.6. The average molecular weight is 632 g/mol. The maximum absolute atomic E-state index is 5.04. The van der Waals surface area contributed by atoms with E-state index in [0.29, 0.717) is 17.5 Å². The molecule has 0 unspecified atom stereocenters. The van der Waals surface area contributed by atoms with Crippen molar-refractivity contribution in [1.82, 2.24) is 15.0 Å². The number of fused-ring (bicyclic) bond motifs is 6. The second kappa shape index (κ2) is 10.7. The van der Waals surface area contributed by atoms with E-state index in [4.69, 9.17) is 15.0 Å². The van der Waals surface area contributed by atoms with Crippen molar-refractivity contribution >= 4 is 0 Å². The summed E-state index contributed by atoms with van der Waals surface area (Å²) in [5.41, 5.74) is 17.2. The molecule has 0 N–H and O–H groups in total. The quantitative estimate of drug-likeness (QED) is 0.194. The van der Waals surface area contributed by atoms with E-state index < -0.39 is 0 Å². The molecule has 7 aromatic rings. The fraction of sp³-hybridized carbons (Fsp3) is 0.152. The van der Waals surface area contributed by atoms with Gasteiger partial charge < -0.3 is 0 Å². The number of benzene rings is 6. The third-order valence-corrected chi connectivity index (χ3v) is 10.8. The van der Waals surface area contributed by atoms with Gasteiger partial charge in [-0.3, -0.25) is 0 Å². The highest BCUT2D eigenvalue weighted by Gasteiger charge is 2.36. The van der Waals surface area contributed by atoms with Crippen LogP contribution in [-0.2, 0) is 10.8 Å². The van der Waals surface area contributed by atoms with Crippen molar-refractivity contribution in [2.75, 3.05) is 0 Å². The van der Waals surface area contributed by atoms with Gasteiger partial charge in [-0.1, -0.05) is 131 Å². The molecule has 0 aliphatic heterocycles. The molecule has 0 radical (unpaired) electrons. The Morgan fingerprint density at radius 2 is 0.776 bits per heavy atom. The van der Waals surface area contributed by atoms with Crippen LogP contribution in [0.3, 0.4) is 0 Å². The van der Waals surface area contributed by atoms with Crippen molar-refractivity contribution in [3.05, 3.63) is 162 Å². The summed E-state index contributed by atoms with van der Waals surface area (Å²) in [7, 11) is 0. The predicted octanol–water partition coefficient (Wildman–Crippen LogP) is 11.5. The molecule has 236 valence electrons. The van der Waals surface area contributed by atoms with Gasteiger partial charge in [0, 0.05) is 22.0 Å². The van der Waals surface area contributed by atoms with Gasteiger partial charge in [-0.2, -0.15) is 0 Å². The van der Waals surface area contributed by atoms with E-state index in [2.05, 4.69) is 143 Å². The molecule has 0 amide bonds. The summed E-state index contributed by atoms with van der Waals surface area (Å²) in [5, 5.41) is 0. The molecule has 1 heterocycles. The van der Waals surface area contributed by atoms with Crippen LogP contribution in [-0.4, -0.2) is 15.0 Å². The third-order valence-electron chi connectivity index (χ3n) is 10.8. The van der Waals surface area contributed by atoms with Gasteiger partial charge in [0.25, 0.3) is 0 Å². The number of aromatic nitrogens is 3. The zero-order chi connectivity index (χ0) is 33.5. The second-order valence-corrected chi connectivity index (χ2v) is 14.6. The lowest BCUT2D eigenvalue weighted by Gasteiger charge is -2.22. The van der Waals surface area contributed by atoms with Gasteiger partial charge in [-0.05, 0) is 104 Å². The topological polar surface area (TPSA) is 38.7 Å². The van der Waals surface area contributed by atoms with E-state index in [1.807, 2.05) is 25.1 Å². The van der Waals surface area contributed by atoms with Crippen molar-refractivity contribution in [1.29, 1.82) is 0 Å². The molecule has 2 aliphatic carbocycles. The number of rotatable bonds is 4. The minimum atomic E-state index is -0.0845. The van der Waals surface area contributed by atoms with Gasteiger partial charge in [0.1, 0.15) is 5.82 Å². The highest BCUT2D eigenvalue weighted by molar-refractivity contribution is 5.88. The van der Waals surface area contributed by atoms with Gasteiger partial charge in [0.15, 0.2) is 11.6 Å². The fourth-order valence-electron chi connectivity index (χ4n) is 8.18. The van der Waals surface area contributed by atoms with Crippen molar-refractivity contribution in [3.8, 4) is 67.3 Å². The Morgan fingerprint density at radius 3 is 1.31 bits per heavy atom. The van der Waals surface area contributed by atoms with E-state index >= 15 is 0 Å². The monoisotopic (exact) mass is 631 g/mol. The summed E-state index contributed by atoms with van der Waals surface area (Å²) < 4.78 is 0. The lowest BCUT2D eigenvalue weighted by Crippen LogP contribution is -2.15. The maximum Gasteiger partial charge on any atom is 0.163 e. The van der Waals surface area contributed by atoms with Crippen molar-refractivity contribution in [2.45, 2.75) is 45.4 Å². The maximum atomic E-state index is 5.04. The van der Waals surface area contributed by atoms with Crippen LogP contribution in [0.15, 0.2) is 133 Å². The highest BCUT2D eigenvalue weighted by atomic mass is 15.0. The molecule has 0 saturated heterocycles. The summed E-state index contributed by atoms with van der Waals surface area (Å²) in [5.74, 6) is 2.06. The first-order valence-corrected chi connectivity index (χ1v) is 17.1. The zero-order valence-electron chi connectivity index (χ0n) is 28.5. The molecule has 0 bridgehead atoms.